The van der Waals surface area contributed by atoms with Gasteiger partial charge >= 0.3 is 0 Å². The molecule has 4 aromatic rings. The quantitative estimate of drug-likeness (QED) is 0.421. The molecule has 1 aromatic heterocycles. The van der Waals surface area contributed by atoms with Crippen molar-refractivity contribution in [3.63, 3.8) is 0 Å². The van der Waals surface area contributed by atoms with Gasteiger partial charge in [-0.15, -0.1) is 0 Å². The number of nitrogens with zero attached hydrogens (tertiary/aromatic N) is 1. The highest BCUT2D eigenvalue weighted by Crippen LogP contribution is 2.28. The summed E-state index contributed by atoms with van der Waals surface area (Å²) >= 11 is 0. The van der Waals surface area contributed by atoms with Crippen LogP contribution in [0.2, 0.25) is 0 Å². The monoisotopic (exact) mass is 394 g/mol. The molecule has 0 saturated heterocycles. The molecule has 1 heterocycles. The van der Waals surface area contributed by atoms with Gasteiger partial charge in [0.2, 0.25) is 0 Å². The molecule has 0 unspecified atom stereocenters. The smallest absolute Gasteiger partial charge is 0.256 e. The highest BCUT2D eigenvalue weighted by Gasteiger charge is 2.16. The molecule has 0 spiro atoms. The van der Waals surface area contributed by atoms with E-state index in [-0.39, 0.29) is 5.91 Å². The van der Waals surface area contributed by atoms with Crippen LogP contribution in [0.1, 0.15) is 39.5 Å². The van der Waals surface area contributed by atoms with E-state index in [4.69, 9.17) is 4.98 Å². The number of rotatable bonds is 4. The molecule has 0 aliphatic carbocycles. The van der Waals surface area contributed by atoms with Crippen LogP contribution in [0.15, 0.2) is 66.7 Å². The van der Waals surface area contributed by atoms with Gasteiger partial charge in [-0.3, -0.25) is 4.79 Å². The molecule has 0 aliphatic heterocycles. The van der Waals surface area contributed by atoms with Gasteiger partial charge in [-0.05, 0) is 67.6 Å². The van der Waals surface area contributed by atoms with Crippen LogP contribution in [0.4, 0.5) is 5.69 Å². The number of hydrogen-bond donors (Lipinski definition) is 1. The van der Waals surface area contributed by atoms with Crippen molar-refractivity contribution in [1.82, 2.24) is 4.98 Å². The number of aryl methyl sites for hydroxylation is 4. The van der Waals surface area contributed by atoms with E-state index in [1.807, 2.05) is 49.4 Å². The first-order valence-electron chi connectivity index (χ1n) is 10.3. The number of amides is 1. The van der Waals surface area contributed by atoms with E-state index in [2.05, 4.69) is 50.4 Å². The predicted molar refractivity (Wildman–Crippen MR) is 125 cm³/mol. The van der Waals surface area contributed by atoms with E-state index in [9.17, 15) is 4.79 Å². The lowest BCUT2D eigenvalue weighted by atomic mass is 10.00. The third kappa shape index (κ3) is 3.71. The molecular formula is C27H26N2O. The average Bonchev–Trinajstić information content (AvgIpc) is 2.76. The highest BCUT2D eigenvalue weighted by molar-refractivity contribution is 6.13. The van der Waals surface area contributed by atoms with Crippen molar-refractivity contribution in [2.24, 2.45) is 0 Å². The van der Waals surface area contributed by atoms with Crippen LogP contribution in [0.3, 0.4) is 0 Å². The van der Waals surface area contributed by atoms with Gasteiger partial charge in [0.05, 0.1) is 16.8 Å². The van der Waals surface area contributed by atoms with Crippen molar-refractivity contribution in [3.05, 3.63) is 94.5 Å². The average molecular weight is 395 g/mol. The molecule has 30 heavy (non-hydrogen) atoms. The summed E-state index contributed by atoms with van der Waals surface area (Å²) < 4.78 is 0. The minimum atomic E-state index is -0.109. The zero-order chi connectivity index (χ0) is 21.3. The summed E-state index contributed by atoms with van der Waals surface area (Å²) in [7, 11) is 0. The van der Waals surface area contributed by atoms with Gasteiger partial charge in [-0.25, -0.2) is 4.98 Å². The van der Waals surface area contributed by atoms with Crippen LogP contribution in [0, 0.1) is 20.8 Å². The Balaban J connectivity index is 1.84. The molecule has 1 amide bonds. The van der Waals surface area contributed by atoms with Crippen molar-refractivity contribution >= 4 is 22.5 Å². The normalized spacial score (nSPS) is 10.9. The second-order valence-electron chi connectivity index (χ2n) is 7.79. The lowest BCUT2D eigenvalue weighted by Crippen LogP contribution is -2.15. The molecule has 1 N–H and O–H groups in total. The maximum atomic E-state index is 13.4. The van der Waals surface area contributed by atoms with Gasteiger partial charge < -0.3 is 5.32 Å². The van der Waals surface area contributed by atoms with Crippen molar-refractivity contribution in [1.29, 1.82) is 0 Å². The summed E-state index contributed by atoms with van der Waals surface area (Å²) in [5.74, 6) is -0.109. The van der Waals surface area contributed by atoms with Crippen LogP contribution in [0.5, 0.6) is 0 Å². The maximum absolute atomic E-state index is 13.4. The number of carbonyl (C=O) groups is 1. The second kappa shape index (κ2) is 8.11. The third-order valence-corrected chi connectivity index (χ3v) is 5.74. The van der Waals surface area contributed by atoms with Gasteiger partial charge in [0, 0.05) is 16.6 Å². The summed E-state index contributed by atoms with van der Waals surface area (Å²) in [5.41, 5.74) is 8.83. The summed E-state index contributed by atoms with van der Waals surface area (Å²) in [6.45, 7) is 8.32. The maximum Gasteiger partial charge on any atom is 0.256 e. The first-order valence-corrected chi connectivity index (χ1v) is 10.3. The van der Waals surface area contributed by atoms with Crippen molar-refractivity contribution in [3.8, 4) is 11.3 Å². The summed E-state index contributed by atoms with van der Waals surface area (Å²) in [5, 5.41) is 4.03. The van der Waals surface area contributed by atoms with Crippen molar-refractivity contribution in [2.75, 3.05) is 5.32 Å². The zero-order valence-electron chi connectivity index (χ0n) is 17.9. The van der Waals surface area contributed by atoms with Crippen molar-refractivity contribution in [2.45, 2.75) is 34.1 Å². The predicted octanol–water partition coefficient (Wildman–Crippen LogP) is 6.64. The van der Waals surface area contributed by atoms with E-state index >= 15 is 0 Å². The van der Waals surface area contributed by atoms with E-state index in [1.165, 1.54) is 11.1 Å². The van der Waals surface area contributed by atoms with Gasteiger partial charge in [-0.1, -0.05) is 55.5 Å². The Hall–Kier alpha value is -3.46. The number of carbonyl (C=O) groups excluding carboxylic acids is 1. The van der Waals surface area contributed by atoms with Crippen molar-refractivity contribution < 1.29 is 4.79 Å². The Morgan fingerprint density at radius 3 is 2.43 bits per heavy atom. The summed E-state index contributed by atoms with van der Waals surface area (Å²) in [6, 6.07) is 22.1. The SMILES string of the molecule is CCc1cccc(C)c1NC(=O)c1cc(-c2ccc(C)c(C)c2)nc2ccccc12. The Kier molecular flexibility index (Phi) is 5.37. The highest BCUT2D eigenvalue weighted by atomic mass is 16.1. The first kappa shape index (κ1) is 19.8. The first-order chi connectivity index (χ1) is 14.5. The van der Waals surface area contributed by atoms with Crippen LogP contribution in [-0.4, -0.2) is 10.9 Å². The van der Waals surface area contributed by atoms with E-state index < -0.39 is 0 Å². The van der Waals surface area contributed by atoms with Gasteiger partial charge in [0.1, 0.15) is 0 Å². The molecule has 150 valence electrons. The Bertz CT molecular complexity index is 1260. The number of nitrogens with one attached hydrogen (secondary N) is 1. The molecule has 0 radical (unpaired) electrons. The Labute approximate surface area is 177 Å². The number of para-hydroxylation sites is 2. The van der Waals surface area contributed by atoms with Crippen LogP contribution in [-0.2, 0) is 6.42 Å². The number of aromatic nitrogens is 1. The second-order valence-corrected chi connectivity index (χ2v) is 7.79. The Morgan fingerprint density at radius 1 is 0.867 bits per heavy atom. The lowest BCUT2D eigenvalue weighted by molar-refractivity contribution is 0.102. The minimum Gasteiger partial charge on any atom is -0.321 e. The molecule has 0 saturated carbocycles. The largest absolute Gasteiger partial charge is 0.321 e. The molecule has 0 aliphatic rings. The molecule has 0 fully saturated rings. The molecule has 4 rings (SSSR count). The van der Waals surface area contributed by atoms with Crippen LogP contribution in [0.25, 0.3) is 22.2 Å². The molecule has 3 aromatic carbocycles. The number of benzene rings is 3. The van der Waals surface area contributed by atoms with E-state index in [0.717, 1.165) is 45.4 Å². The van der Waals surface area contributed by atoms with Crippen LogP contribution >= 0.6 is 0 Å². The zero-order valence-corrected chi connectivity index (χ0v) is 17.9. The summed E-state index contributed by atoms with van der Waals surface area (Å²) in [6.07, 6.45) is 0.863. The molecule has 3 heteroatoms. The fourth-order valence-corrected chi connectivity index (χ4v) is 3.79. The minimum absolute atomic E-state index is 0.109. The van der Waals surface area contributed by atoms with Gasteiger partial charge in [0.25, 0.3) is 5.91 Å². The third-order valence-electron chi connectivity index (χ3n) is 5.74. The number of pyridine rings is 1. The molecular weight excluding hydrogens is 368 g/mol. The summed E-state index contributed by atoms with van der Waals surface area (Å²) in [4.78, 5) is 18.3. The number of hydrogen-bond acceptors (Lipinski definition) is 2. The molecule has 0 atom stereocenters. The van der Waals surface area contributed by atoms with Gasteiger partial charge in [0.15, 0.2) is 0 Å². The molecule has 3 nitrogen and oxygen atoms in total. The van der Waals surface area contributed by atoms with Gasteiger partial charge in [-0.2, -0.15) is 0 Å². The Morgan fingerprint density at radius 2 is 1.67 bits per heavy atom. The fourth-order valence-electron chi connectivity index (χ4n) is 3.79. The standard InChI is InChI=1S/C27H26N2O/c1-5-20-10-8-9-18(3)26(20)29-27(30)23-16-25(21-14-13-17(2)19(4)15-21)28-24-12-7-6-11-22(23)24/h6-16H,5H2,1-4H3,(H,29,30). The lowest BCUT2D eigenvalue weighted by Gasteiger charge is -2.15. The number of anilines is 1. The van der Waals surface area contributed by atoms with E-state index in [0.29, 0.717) is 5.56 Å². The fraction of sp³-hybridized carbons (Fsp3) is 0.185. The van der Waals surface area contributed by atoms with Crippen LogP contribution < -0.4 is 5.32 Å². The molecule has 0 bridgehead atoms. The van der Waals surface area contributed by atoms with E-state index in [1.54, 1.807) is 0 Å². The topological polar surface area (TPSA) is 42.0 Å². The number of fused-ring (bicyclic) bond motifs is 1.